The molecular weight excluding hydrogens is 364 g/mol. The van der Waals surface area contributed by atoms with Gasteiger partial charge in [-0.3, -0.25) is 4.79 Å². The van der Waals surface area contributed by atoms with Gasteiger partial charge in [0.25, 0.3) is 0 Å². The maximum absolute atomic E-state index is 12.6. The monoisotopic (exact) mass is 400 g/mol. The molecule has 4 saturated carbocycles. The number of rotatable bonds is 2. The van der Waals surface area contributed by atoms with Crippen LogP contribution in [0.15, 0.2) is 17.3 Å². The van der Waals surface area contributed by atoms with Crippen molar-refractivity contribution in [3.05, 3.63) is 12.2 Å². The van der Waals surface area contributed by atoms with Crippen LogP contribution in [-0.2, 0) is 9.63 Å². The van der Waals surface area contributed by atoms with E-state index in [1.807, 2.05) is 0 Å². The molecule has 5 fully saturated rings. The number of fused-ring (bicyclic) bond motifs is 5. The van der Waals surface area contributed by atoms with Crippen LogP contribution in [0.5, 0.6) is 0 Å². The van der Waals surface area contributed by atoms with E-state index in [9.17, 15) is 9.90 Å². The predicted octanol–water partition coefficient (Wildman–Crippen LogP) is 3.61. The summed E-state index contributed by atoms with van der Waals surface area (Å²) in [7, 11) is 0. The Hall–Kier alpha value is -1.20. The first-order chi connectivity index (χ1) is 13.8. The van der Waals surface area contributed by atoms with Crippen LogP contribution in [0.25, 0.3) is 0 Å². The number of oxime groups is 1. The fourth-order valence-electron chi connectivity index (χ4n) is 7.70. The third-order valence-corrected chi connectivity index (χ3v) is 9.63. The second-order valence-corrected chi connectivity index (χ2v) is 11.0. The van der Waals surface area contributed by atoms with E-state index in [4.69, 9.17) is 4.84 Å². The molecule has 7 atom stereocenters. The van der Waals surface area contributed by atoms with Crippen LogP contribution in [0.3, 0.4) is 0 Å². The van der Waals surface area contributed by atoms with Crippen molar-refractivity contribution in [2.24, 2.45) is 33.7 Å². The van der Waals surface area contributed by atoms with Gasteiger partial charge in [0.1, 0.15) is 11.9 Å². The van der Waals surface area contributed by atoms with E-state index >= 15 is 0 Å². The first kappa shape index (κ1) is 19.7. The summed E-state index contributed by atoms with van der Waals surface area (Å²) in [6.07, 6.45) is 7.94. The summed E-state index contributed by atoms with van der Waals surface area (Å²) in [6, 6.07) is 0. The molecule has 0 bridgehead atoms. The highest BCUT2D eigenvalue weighted by Crippen LogP contribution is 2.67. The third-order valence-electron chi connectivity index (χ3n) is 9.63. The van der Waals surface area contributed by atoms with E-state index in [0.717, 1.165) is 63.7 Å². The number of nitrogens with one attached hydrogen (secondary N) is 1. The number of Topliss-reactive ketones (excluding diaryl/α,β-unsaturated/α-hetero) is 1. The van der Waals surface area contributed by atoms with Gasteiger partial charge in [-0.15, -0.1) is 0 Å². The number of aliphatic hydroxyl groups is 1. The Morgan fingerprint density at radius 3 is 2.72 bits per heavy atom. The lowest BCUT2D eigenvalue weighted by molar-refractivity contribution is -0.170. The van der Waals surface area contributed by atoms with Crippen LogP contribution in [-0.4, -0.2) is 41.4 Å². The van der Waals surface area contributed by atoms with Gasteiger partial charge >= 0.3 is 0 Å². The van der Waals surface area contributed by atoms with Gasteiger partial charge in [0.2, 0.25) is 0 Å². The molecular formula is C24H36N2O3. The summed E-state index contributed by atoms with van der Waals surface area (Å²) in [4.78, 5) is 18.4. The van der Waals surface area contributed by atoms with Gasteiger partial charge in [0.15, 0.2) is 0 Å². The van der Waals surface area contributed by atoms with Crippen LogP contribution in [0.2, 0.25) is 0 Å². The van der Waals surface area contributed by atoms with E-state index in [0.29, 0.717) is 36.4 Å². The minimum atomic E-state index is -0.796. The minimum Gasteiger partial charge on any atom is -0.391 e. The van der Waals surface area contributed by atoms with Crippen LogP contribution in [0.1, 0.15) is 71.6 Å². The molecule has 5 heteroatoms. The van der Waals surface area contributed by atoms with E-state index in [1.165, 1.54) is 5.57 Å². The van der Waals surface area contributed by atoms with Gasteiger partial charge < -0.3 is 15.3 Å². The number of hydrogen-bond acceptors (Lipinski definition) is 5. The summed E-state index contributed by atoms with van der Waals surface area (Å²) >= 11 is 0. The molecule has 2 N–H and O–H groups in total. The zero-order chi connectivity index (χ0) is 20.4. The number of ketones is 1. The number of hydrogen-bond donors (Lipinski definition) is 2. The smallest absolute Gasteiger partial charge is 0.141 e. The Morgan fingerprint density at radius 1 is 1.14 bits per heavy atom. The van der Waals surface area contributed by atoms with Gasteiger partial charge in [0.05, 0.1) is 11.3 Å². The molecule has 0 aromatic rings. The topological polar surface area (TPSA) is 70.9 Å². The Kier molecular flexibility index (Phi) is 4.53. The largest absolute Gasteiger partial charge is 0.391 e. The van der Waals surface area contributed by atoms with Crippen molar-refractivity contribution in [2.75, 3.05) is 13.1 Å². The van der Waals surface area contributed by atoms with Gasteiger partial charge in [-0.2, -0.15) is 0 Å². The summed E-state index contributed by atoms with van der Waals surface area (Å²) in [5, 5.41) is 19.7. The van der Waals surface area contributed by atoms with Gasteiger partial charge in [-0.1, -0.05) is 31.2 Å². The van der Waals surface area contributed by atoms with Gasteiger partial charge in [-0.25, -0.2) is 0 Å². The van der Waals surface area contributed by atoms with Crippen molar-refractivity contribution in [3.63, 3.8) is 0 Å². The lowest BCUT2D eigenvalue weighted by Crippen LogP contribution is -2.63. The molecule has 1 aliphatic heterocycles. The quantitative estimate of drug-likeness (QED) is 0.549. The van der Waals surface area contributed by atoms with E-state index < -0.39 is 5.60 Å². The highest BCUT2D eigenvalue weighted by atomic mass is 16.6. The van der Waals surface area contributed by atoms with E-state index in [2.05, 4.69) is 30.9 Å². The minimum absolute atomic E-state index is 0.139. The normalized spacial score (nSPS) is 50.9. The molecule has 0 radical (unpaired) electrons. The van der Waals surface area contributed by atoms with Crippen molar-refractivity contribution in [3.8, 4) is 0 Å². The molecule has 4 aliphatic carbocycles. The molecule has 0 unspecified atom stereocenters. The molecule has 5 nitrogen and oxygen atoms in total. The molecule has 0 amide bonds. The van der Waals surface area contributed by atoms with Crippen LogP contribution in [0, 0.1) is 28.6 Å². The second-order valence-electron chi connectivity index (χ2n) is 11.0. The summed E-state index contributed by atoms with van der Waals surface area (Å²) in [6.45, 7) is 10.8. The molecule has 0 spiro atoms. The molecule has 0 aromatic carbocycles. The van der Waals surface area contributed by atoms with Crippen LogP contribution in [0.4, 0.5) is 0 Å². The lowest BCUT2D eigenvalue weighted by atomic mass is 9.43. The zero-order valence-corrected chi connectivity index (χ0v) is 18.0. The van der Waals surface area contributed by atoms with Crippen molar-refractivity contribution in [1.29, 1.82) is 0 Å². The predicted molar refractivity (Wildman–Crippen MR) is 113 cm³/mol. The molecule has 29 heavy (non-hydrogen) atoms. The number of nitrogens with zero attached hydrogens (tertiary/aromatic N) is 1. The zero-order valence-electron chi connectivity index (χ0n) is 18.0. The SMILES string of the molecule is C=C1C[C@@]2(O)CC(=NO[C@H]3CCNC3)CC[C@]2(C)[C@H]2CC[C@]3(C)C(=O)CC[C@H]3[C@H]12. The first-order valence-electron chi connectivity index (χ1n) is 11.6. The Balaban J connectivity index is 1.39. The standard InChI is InChI=1S/C24H36N2O3/c1-15-12-24(28)13-16(26-29-17-8-11-25-14-17)6-10-23(24,3)19-7-9-22(2)18(21(15)19)4-5-20(22)27/h17-19,21,25,28H,1,4-14H2,2-3H3/t17-,18-,19-,21-,22-,23+,24+/m0/s1. The van der Waals surface area contributed by atoms with Crippen molar-refractivity contribution < 1.29 is 14.7 Å². The highest BCUT2D eigenvalue weighted by Gasteiger charge is 2.65. The molecule has 5 rings (SSSR count). The van der Waals surface area contributed by atoms with Crippen molar-refractivity contribution in [2.45, 2.75) is 83.3 Å². The molecule has 1 heterocycles. The van der Waals surface area contributed by atoms with Crippen LogP contribution < -0.4 is 5.32 Å². The number of carbonyl (C=O) groups excluding carboxylic acids is 1. The highest BCUT2D eigenvalue weighted by molar-refractivity contribution is 5.88. The molecule has 160 valence electrons. The summed E-state index contributed by atoms with van der Waals surface area (Å²) in [5.41, 5.74) is 1.07. The molecule has 5 aliphatic rings. The summed E-state index contributed by atoms with van der Waals surface area (Å²) < 4.78 is 0. The maximum Gasteiger partial charge on any atom is 0.141 e. The van der Waals surface area contributed by atoms with Crippen molar-refractivity contribution in [1.82, 2.24) is 5.32 Å². The van der Waals surface area contributed by atoms with Gasteiger partial charge in [-0.05, 0) is 62.8 Å². The lowest BCUT2D eigenvalue weighted by Gasteiger charge is -2.63. The second kappa shape index (κ2) is 6.65. The summed E-state index contributed by atoms with van der Waals surface area (Å²) in [5.74, 6) is 1.66. The number of carbonyl (C=O) groups is 1. The van der Waals surface area contributed by atoms with E-state index in [-0.39, 0.29) is 16.9 Å². The van der Waals surface area contributed by atoms with Crippen molar-refractivity contribution >= 4 is 11.5 Å². The average molecular weight is 401 g/mol. The first-order valence-corrected chi connectivity index (χ1v) is 11.6. The Bertz CT molecular complexity index is 757. The molecule has 1 saturated heterocycles. The van der Waals surface area contributed by atoms with Gasteiger partial charge in [0, 0.05) is 36.6 Å². The fourth-order valence-corrected chi connectivity index (χ4v) is 7.70. The fraction of sp³-hybridized carbons (Fsp3) is 0.833. The van der Waals surface area contributed by atoms with Crippen LogP contribution >= 0.6 is 0 Å². The maximum atomic E-state index is 12.6. The Labute approximate surface area is 174 Å². The molecule has 0 aromatic heterocycles. The Morgan fingerprint density at radius 2 is 1.97 bits per heavy atom. The van der Waals surface area contributed by atoms with E-state index in [1.54, 1.807) is 0 Å². The third kappa shape index (κ3) is 2.79. The average Bonchev–Trinajstić information content (AvgIpc) is 3.30.